The van der Waals surface area contributed by atoms with Crippen LogP contribution >= 0.6 is 0 Å². The number of amides is 1. The third-order valence-corrected chi connectivity index (χ3v) is 4.16. The Balaban J connectivity index is 1.91. The minimum absolute atomic E-state index is 0.144. The maximum Gasteiger partial charge on any atom is 0.225 e. The van der Waals surface area contributed by atoms with E-state index in [1.54, 1.807) is 25.3 Å². The number of halogens is 2. The molecule has 2 aromatic rings. The van der Waals surface area contributed by atoms with Gasteiger partial charge in [-0.15, -0.1) is 0 Å². The average Bonchev–Trinajstić information content (AvgIpc) is 2.61. The monoisotopic (exact) mass is 348 g/mol. The minimum Gasteiger partial charge on any atom is -0.495 e. The molecule has 1 atom stereocenters. The van der Waals surface area contributed by atoms with E-state index < -0.39 is 11.6 Å². The normalized spacial score (nSPS) is 12.1. The molecule has 0 spiro atoms. The van der Waals surface area contributed by atoms with E-state index in [0.717, 1.165) is 6.07 Å². The second kappa shape index (κ2) is 8.58. The standard InChI is InChI=1S/C19H22F2N2O2/c1-13(14-8-9-15(20)16(21)12-14)23(2)11-10-19(24)22-17-6-4-5-7-18(17)25-3/h4-9,12-13H,10-11H2,1-3H3,(H,22,24). The lowest BCUT2D eigenvalue weighted by Crippen LogP contribution is -2.27. The van der Waals surface area contributed by atoms with E-state index in [1.807, 2.05) is 31.0 Å². The summed E-state index contributed by atoms with van der Waals surface area (Å²) >= 11 is 0. The van der Waals surface area contributed by atoms with E-state index in [1.165, 1.54) is 6.07 Å². The van der Waals surface area contributed by atoms with Crippen molar-refractivity contribution in [3.05, 3.63) is 59.7 Å². The molecule has 0 saturated carbocycles. The molecule has 0 bridgehead atoms. The molecule has 0 aliphatic rings. The van der Waals surface area contributed by atoms with Crippen LogP contribution in [-0.2, 0) is 4.79 Å². The van der Waals surface area contributed by atoms with Crippen molar-refractivity contribution in [2.24, 2.45) is 0 Å². The number of benzene rings is 2. The lowest BCUT2D eigenvalue weighted by atomic mass is 10.1. The van der Waals surface area contributed by atoms with Crippen molar-refractivity contribution in [1.29, 1.82) is 0 Å². The van der Waals surface area contributed by atoms with Crippen LogP contribution in [0.2, 0.25) is 0 Å². The topological polar surface area (TPSA) is 41.6 Å². The van der Waals surface area contributed by atoms with Crippen LogP contribution in [0.15, 0.2) is 42.5 Å². The summed E-state index contributed by atoms with van der Waals surface area (Å²) < 4.78 is 31.6. The summed E-state index contributed by atoms with van der Waals surface area (Å²) in [4.78, 5) is 14.1. The molecule has 0 radical (unpaired) electrons. The number of hydrogen-bond acceptors (Lipinski definition) is 3. The smallest absolute Gasteiger partial charge is 0.225 e. The van der Waals surface area contributed by atoms with Gasteiger partial charge >= 0.3 is 0 Å². The summed E-state index contributed by atoms with van der Waals surface area (Å²) in [6.45, 7) is 2.35. The number of carbonyl (C=O) groups excluding carboxylic acids is 1. The highest BCUT2D eigenvalue weighted by Crippen LogP contribution is 2.24. The van der Waals surface area contributed by atoms with Gasteiger partial charge in [-0.1, -0.05) is 18.2 Å². The molecule has 0 aromatic heterocycles. The molecule has 134 valence electrons. The zero-order valence-electron chi connectivity index (χ0n) is 14.6. The van der Waals surface area contributed by atoms with E-state index in [9.17, 15) is 13.6 Å². The highest BCUT2D eigenvalue weighted by molar-refractivity contribution is 5.92. The summed E-state index contributed by atoms with van der Waals surface area (Å²) in [6, 6.07) is 10.9. The fourth-order valence-electron chi connectivity index (χ4n) is 2.46. The molecular weight excluding hydrogens is 326 g/mol. The Hall–Kier alpha value is -2.47. The Labute approximate surface area is 146 Å². The van der Waals surface area contributed by atoms with Crippen LogP contribution in [0.5, 0.6) is 5.75 Å². The maximum absolute atomic E-state index is 13.4. The van der Waals surface area contributed by atoms with Crippen LogP contribution < -0.4 is 10.1 Å². The molecule has 4 nitrogen and oxygen atoms in total. The van der Waals surface area contributed by atoms with Gasteiger partial charge in [0.25, 0.3) is 0 Å². The van der Waals surface area contributed by atoms with Crippen LogP contribution in [0.25, 0.3) is 0 Å². The molecule has 6 heteroatoms. The van der Waals surface area contributed by atoms with E-state index >= 15 is 0 Å². The van der Waals surface area contributed by atoms with Gasteiger partial charge < -0.3 is 10.1 Å². The van der Waals surface area contributed by atoms with Gasteiger partial charge in [0.15, 0.2) is 11.6 Å². The fourth-order valence-corrected chi connectivity index (χ4v) is 2.46. The molecule has 2 aromatic carbocycles. The third-order valence-electron chi connectivity index (χ3n) is 4.16. The first-order valence-electron chi connectivity index (χ1n) is 8.00. The van der Waals surface area contributed by atoms with Gasteiger partial charge in [-0.25, -0.2) is 8.78 Å². The van der Waals surface area contributed by atoms with Crippen molar-refractivity contribution in [1.82, 2.24) is 4.90 Å². The fraction of sp³-hybridized carbons (Fsp3) is 0.316. The molecule has 0 fully saturated rings. The van der Waals surface area contributed by atoms with Crippen molar-refractivity contribution < 1.29 is 18.3 Å². The van der Waals surface area contributed by atoms with Crippen LogP contribution in [-0.4, -0.2) is 31.5 Å². The predicted molar refractivity (Wildman–Crippen MR) is 93.6 cm³/mol. The Morgan fingerprint density at radius 2 is 1.92 bits per heavy atom. The highest BCUT2D eigenvalue weighted by atomic mass is 19.2. The van der Waals surface area contributed by atoms with Gasteiger partial charge in [-0.05, 0) is 43.8 Å². The van der Waals surface area contributed by atoms with Crippen LogP contribution in [0, 0.1) is 11.6 Å². The lowest BCUT2D eigenvalue weighted by Gasteiger charge is -2.25. The second-order valence-corrected chi connectivity index (χ2v) is 5.83. The van der Waals surface area contributed by atoms with Crippen LogP contribution in [0.1, 0.15) is 24.9 Å². The highest BCUT2D eigenvalue weighted by Gasteiger charge is 2.15. The largest absolute Gasteiger partial charge is 0.495 e. The van der Waals surface area contributed by atoms with Crippen LogP contribution in [0.3, 0.4) is 0 Å². The second-order valence-electron chi connectivity index (χ2n) is 5.83. The van der Waals surface area contributed by atoms with Gasteiger partial charge in [0.2, 0.25) is 5.91 Å². The first-order valence-corrected chi connectivity index (χ1v) is 8.00. The minimum atomic E-state index is -0.869. The third kappa shape index (κ3) is 5.00. The molecule has 0 aliphatic carbocycles. The predicted octanol–water partition coefficient (Wildman–Crippen LogP) is 4.00. The number of rotatable bonds is 7. The first kappa shape index (κ1) is 18.9. The quantitative estimate of drug-likeness (QED) is 0.822. The van der Waals surface area contributed by atoms with Crippen molar-refractivity contribution >= 4 is 11.6 Å². The molecule has 2 rings (SSSR count). The van der Waals surface area contributed by atoms with E-state index in [4.69, 9.17) is 4.74 Å². The van der Waals surface area contributed by atoms with Crippen molar-refractivity contribution in [3.63, 3.8) is 0 Å². The van der Waals surface area contributed by atoms with Gasteiger partial charge in [0.1, 0.15) is 5.75 Å². The number of ether oxygens (including phenoxy) is 1. The molecule has 1 unspecified atom stereocenters. The average molecular weight is 348 g/mol. The SMILES string of the molecule is COc1ccccc1NC(=O)CCN(C)C(C)c1ccc(F)c(F)c1. The van der Waals surface area contributed by atoms with Gasteiger partial charge in [-0.3, -0.25) is 9.69 Å². The van der Waals surface area contributed by atoms with Crippen molar-refractivity contribution in [2.75, 3.05) is 26.0 Å². The first-order chi connectivity index (χ1) is 11.9. The zero-order valence-corrected chi connectivity index (χ0v) is 14.6. The summed E-state index contributed by atoms with van der Waals surface area (Å²) in [7, 11) is 3.38. The van der Waals surface area contributed by atoms with Gasteiger partial charge in [0, 0.05) is 19.0 Å². The molecule has 0 aliphatic heterocycles. The molecule has 0 heterocycles. The Bertz CT molecular complexity index is 737. The van der Waals surface area contributed by atoms with E-state index in [0.29, 0.717) is 23.5 Å². The summed E-state index contributed by atoms with van der Waals surface area (Å²) in [5.74, 6) is -1.28. The summed E-state index contributed by atoms with van der Waals surface area (Å²) in [5.41, 5.74) is 1.28. The Morgan fingerprint density at radius 3 is 2.60 bits per heavy atom. The number of anilines is 1. The number of hydrogen-bond donors (Lipinski definition) is 1. The molecule has 1 amide bonds. The molecule has 0 saturated heterocycles. The van der Waals surface area contributed by atoms with Crippen molar-refractivity contribution in [3.8, 4) is 5.75 Å². The zero-order chi connectivity index (χ0) is 18.4. The number of nitrogens with zero attached hydrogens (tertiary/aromatic N) is 1. The molecule has 1 N–H and O–H groups in total. The summed E-state index contributed by atoms with van der Waals surface area (Å²) in [5, 5.41) is 2.81. The number of para-hydroxylation sites is 2. The maximum atomic E-state index is 13.4. The van der Waals surface area contributed by atoms with Crippen LogP contribution in [0.4, 0.5) is 14.5 Å². The van der Waals surface area contributed by atoms with E-state index in [-0.39, 0.29) is 18.4 Å². The summed E-state index contributed by atoms with van der Waals surface area (Å²) in [6.07, 6.45) is 0.266. The Kier molecular flexibility index (Phi) is 6.47. The van der Waals surface area contributed by atoms with Gasteiger partial charge in [0.05, 0.1) is 12.8 Å². The molecule has 25 heavy (non-hydrogen) atoms. The molecular formula is C19H22F2N2O2. The van der Waals surface area contributed by atoms with Gasteiger partial charge in [-0.2, -0.15) is 0 Å². The number of methoxy groups -OCH3 is 1. The van der Waals surface area contributed by atoms with E-state index in [2.05, 4.69) is 5.32 Å². The Morgan fingerprint density at radius 1 is 1.20 bits per heavy atom. The lowest BCUT2D eigenvalue weighted by molar-refractivity contribution is -0.116. The number of nitrogens with one attached hydrogen (secondary N) is 1. The van der Waals surface area contributed by atoms with Crippen molar-refractivity contribution in [2.45, 2.75) is 19.4 Å². The number of carbonyl (C=O) groups is 1.